The Kier molecular flexibility index (Phi) is 2.46. The molecular weight excluding hydrogens is 225 g/mol. The summed E-state index contributed by atoms with van der Waals surface area (Å²) in [6.45, 7) is 1.43. The van der Waals surface area contributed by atoms with E-state index in [2.05, 4.69) is 0 Å². The molecule has 1 heterocycles. The fourth-order valence-electron chi connectivity index (χ4n) is 2.00. The molecule has 17 heavy (non-hydrogen) atoms. The molecule has 5 heteroatoms. The van der Waals surface area contributed by atoms with Crippen molar-refractivity contribution in [3.8, 4) is 0 Å². The van der Waals surface area contributed by atoms with Gasteiger partial charge < -0.3 is 9.67 Å². The zero-order chi connectivity index (χ0) is 12.7. The number of aromatic carboxylic acids is 1. The number of pyridine rings is 1. The van der Waals surface area contributed by atoms with E-state index in [1.807, 2.05) is 0 Å². The van der Waals surface area contributed by atoms with Gasteiger partial charge in [-0.05, 0) is 13.0 Å². The van der Waals surface area contributed by atoms with E-state index in [4.69, 9.17) is 5.11 Å². The number of aromatic nitrogens is 1. The van der Waals surface area contributed by atoms with E-state index in [9.17, 15) is 14.0 Å². The SMILES string of the molecule is Cc1c(C(=O)O)c2cccc(F)c2n(C)c1=O. The van der Waals surface area contributed by atoms with Gasteiger partial charge in [-0.25, -0.2) is 9.18 Å². The molecule has 0 saturated heterocycles. The Bertz CT molecular complexity index is 688. The minimum absolute atomic E-state index is 0.0144. The molecule has 0 spiro atoms. The Morgan fingerprint density at radius 3 is 2.65 bits per heavy atom. The quantitative estimate of drug-likeness (QED) is 0.818. The molecule has 4 nitrogen and oxygen atoms in total. The second-order valence-corrected chi connectivity index (χ2v) is 3.81. The van der Waals surface area contributed by atoms with Crippen molar-refractivity contribution in [2.24, 2.45) is 7.05 Å². The zero-order valence-corrected chi connectivity index (χ0v) is 9.32. The number of para-hydroxylation sites is 1. The Labute approximate surface area is 95.9 Å². The first-order chi connectivity index (χ1) is 7.95. The second-order valence-electron chi connectivity index (χ2n) is 3.81. The highest BCUT2D eigenvalue weighted by molar-refractivity contribution is 6.03. The maximum absolute atomic E-state index is 13.6. The van der Waals surface area contributed by atoms with Crippen molar-refractivity contribution in [3.63, 3.8) is 0 Å². The summed E-state index contributed by atoms with van der Waals surface area (Å²) in [6.07, 6.45) is 0. The van der Waals surface area contributed by atoms with Gasteiger partial charge in [0, 0.05) is 18.0 Å². The fourth-order valence-corrected chi connectivity index (χ4v) is 2.00. The number of carboxylic acid groups (broad SMARTS) is 1. The molecule has 0 bridgehead atoms. The van der Waals surface area contributed by atoms with Crippen LogP contribution in [-0.2, 0) is 7.05 Å². The van der Waals surface area contributed by atoms with Crippen LogP contribution in [-0.4, -0.2) is 15.6 Å². The van der Waals surface area contributed by atoms with Crippen molar-refractivity contribution >= 4 is 16.9 Å². The molecule has 88 valence electrons. The Hall–Kier alpha value is -2.17. The first-order valence-electron chi connectivity index (χ1n) is 4.96. The van der Waals surface area contributed by atoms with E-state index >= 15 is 0 Å². The van der Waals surface area contributed by atoms with E-state index in [1.54, 1.807) is 0 Å². The first-order valence-corrected chi connectivity index (χ1v) is 4.96. The summed E-state index contributed by atoms with van der Waals surface area (Å²) in [7, 11) is 1.42. The van der Waals surface area contributed by atoms with Crippen LogP contribution < -0.4 is 5.56 Å². The third-order valence-corrected chi connectivity index (χ3v) is 2.81. The lowest BCUT2D eigenvalue weighted by Crippen LogP contribution is -2.24. The number of carbonyl (C=O) groups is 1. The average molecular weight is 235 g/mol. The summed E-state index contributed by atoms with van der Waals surface area (Å²) in [5.41, 5.74) is -0.513. The monoisotopic (exact) mass is 235 g/mol. The van der Waals surface area contributed by atoms with Crippen molar-refractivity contribution in [1.82, 2.24) is 4.57 Å². The molecule has 0 radical (unpaired) electrons. The Morgan fingerprint density at radius 2 is 2.06 bits per heavy atom. The first kappa shape index (κ1) is 11.3. The Morgan fingerprint density at radius 1 is 1.41 bits per heavy atom. The molecular formula is C12H10FNO3. The smallest absolute Gasteiger partial charge is 0.336 e. The largest absolute Gasteiger partial charge is 0.478 e. The van der Waals surface area contributed by atoms with Gasteiger partial charge in [0.05, 0.1) is 11.1 Å². The summed E-state index contributed by atoms with van der Waals surface area (Å²) in [5.74, 6) is -1.83. The normalized spacial score (nSPS) is 10.8. The topological polar surface area (TPSA) is 59.3 Å². The number of benzene rings is 1. The number of hydrogen-bond donors (Lipinski definition) is 1. The summed E-state index contributed by atoms with van der Waals surface area (Å²) < 4.78 is 14.8. The van der Waals surface area contributed by atoms with Gasteiger partial charge in [0.1, 0.15) is 5.82 Å². The van der Waals surface area contributed by atoms with Crippen LogP contribution in [0.4, 0.5) is 4.39 Å². The molecule has 0 amide bonds. The predicted octanol–water partition coefficient (Wildman–Crippen LogP) is 1.68. The highest BCUT2D eigenvalue weighted by Gasteiger charge is 2.18. The van der Waals surface area contributed by atoms with E-state index in [0.29, 0.717) is 0 Å². The molecule has 0 aliphatic heterocycles. The molecule has 1 aromatic carbocycles. The van der Waals surface area contributed by atoms with Crippen LogP contribution in [0.2, 0.25) is 0 Å². The molecule has 1 aromatic heterocycles. The molecule has 2 rings (SSSR count). The summed E-state index contributed by atoms with van der Waals surface area (Å²) in [5, 5.41) is 9.33. The highest BCUT2D eigenvalue weighted by atomic mass is 19.1. The molecule has 1 N–H and O–H groups in total. The molecule has 2 aromatic rings. The standard InChI is InChI=1S/C12H10FNO3/c1-6-9(12(16)17)7-4-3-5-8(13)10(7)14(2)11(6)15/h3-5H,1-2H3,(H,16,17). The Balaban J connectivity index is 3.16. The number of fused-ring (bicyclic) bond motifs is 1. The van der Waals surface area contributed by atoms with Crippen LogP contribution in [0.3, 0.4) is 0 Å². The van der Waals surface area contributed by atoms with E-state index in [-0.39, 0.29) is 22.0 Å². The van der Waals surface area contributed by atoms with Gasteiger partial charge in [-0.15, -0.1) is 0 Å². The van der Waals surface area contributed by atoms with Gasteiger partial charge >= 0.3 is 5.97 Å². The second kappa shape index (κ2) is 3.69. The van der Waals surface area contributed by atoms with Gasteiger partial charge in [-0.1, -0.05) is 12.1 Å². The van der Waals surface area contributed by atoms with Crippen molar-refractivity contribution in [2.45, 2.75) is 6.92 Å². The molecule has 0 saturated carbocycles. The third kappa shape index (κ3) is 1.51. The molecule has 0 aliphatic carbocycles. The van der Waals surface area contributed by atoms with Crippen LogP contribution in [0.5, 0.6) is 0 Å². The van der Waals surface area contributed by atoms with Gasteiger partial charge in [0.25, 0.3) is 5.56 Å². The summed E-state index contributed by atoms with van der Waals surface area (Å²) >= 11 is 0. The maximum Gasteiger partial charge on any atom is 0.336 e. The molecule has 0 atom stereocenters. The lowest BCUT2D eigenvalue weighted by Gasteiger charge is -2.11. The number of halogens is 1. The minimum atomic E-state index is -1.23. The fraction of sp³-hybridized carbons (Fsp3) is 0.167. The van der Waals surface area contributed by atoms with Crippen LogP contribution in [0, 0.1) is 12.7 Å². The van der Waals surface area contributed by atoms with Gasteiger partial charge in [0.2, 0.25) is 0 Å². The zero-order valence-electron chi connectivity index (χ0n) is 9.32. The maximum atomic E-state index is 13.6. The van der Waals surface area contributed by atoms with E-state index in [1.165, 1.54) is 32.2 Å². The average Bonchev–Trinajstić information content (AvgIpc) is 2.25. The summed E-state index contributed by atoms with van der Waals surface area (Å²) in [6, 6.07) is 4.12. The van der Waals surface area contributed by atoms with E-state index < -0.39 is 17.3 Å². The molecule has 0 fully saturated rings. The molecule has 0 unspecified atom stereocenters. The van der Waals surface area contributed by atoms with Gasteiger partial charge in [-0.3, -0.25) is 4.79 Å². The lowest BCUT2D eigenvalue weighted by atomic mass is 10.0. The van der Waals surface area contributed by atoms with Crippen molar-refractivity contribution in [2.75, 3.05) is 0 Å². The number of rotatable bonds is 1. The van der Waals surface area contributed by atoms with Crippen molar-refractivity contribution in [1.29, 1.82) is 0 Å². The third-order valence-electron chi connectivity index (χ3n) is 2.81. The van der Waals surface area contributed by atoms with Crippen molar-refractivity contribution < 1.29 is 14.3 Å². The lowest BCUT2D eigenvalue weighted by molar-refractivity contribution is 0.0698. The number of carboxylic acids is 1. The van der Waals surface area contributed by atoms with Gasteiger partial charge in [-0.2, -0.15) is 0 Å². The number of hydrogen-bond acceptors (Lipinski definition) is 2. The van der Waals surface area contributed by atoms with Crippen LogP contribution >= 0.6 is 0 Å². The van der Waals surface area contributed by atoms with Gasteiger partial charge in [0.15, 0.2) is 0 Å². The minimum Gasteiger partial charge on any atom is -0.478 e. The van der Waals surface area contributed by atoms with E-state index in [0.717, 1.165) is 4.57 Å². The van der Waals surface area contributed by atoms with Crippen molar-refractivity contribution in [3.05, 3.63) is 45.5 Å². The predicted molar refractivity (Wildman–Crippen MR) is 60.8 cm³/mol. The van der Waals surface area contributed by atoms with Crippen LogP contribution in [0.25, 0.3) is 10.9 Å². The summed E-state index contributed by atoms with van der Waals surface area (Å²) in [4.78, 5) is 22.9. The number of aryl methyl sites for hydroxylation is 1. The van der Waals surface area contributed by atoms with Crippen LogP contribution in [0.1, 0.15) is 15.9 Å². The molecule has 0 aliphatic rings. The highest BCUT2D eigenvalue weighted by Crippen LogP contribution is 2.21. The number of nitrogens with zero attached hydrogens (tertiary/aromatic N) is 1. The van der Waals surface area contributed by atoms with Crippen LogP contribution in [0.15, 0.2) is 23.0 Å².